The highest BCUT2D eigenvalue weighted by molar-refractivity contribution is 9.09. The van der Waals surface area contributed by atoms with Crippen LogP contribution in [-0.4, -0.2) is 17.0 Å². The van der Waals surface area contributed by atoms with Gasteiger partial charge in [-0.15, -0.1) is 0 Å². The molecule has 1 fully saturated rings. The van der Waals surface area contributed by atoms with Gasteiger partial charge in [0.25, 0.3) is 0 Å². The third-order valence-electron chi connectivity index (χ3n) is 3.98. The van der Waals surface area contributed by atoms with Crippen molar-refractivity contribution in [3.8, 4) is 0 Å². The Kier molecular flexibility index (Phi) is 6.35. The molecule has 0 N–H and O–H groups in total. The molecule has 1 aliphatic rings. The van der Waals surface area contributed by atoms with Gasteiger partial charge >= 0.3 is 0 Å². The van der Waals surface area contributed by atoms with Crippen molar-refractivity contribution >= 4 is 15.9 Å². The fourth-order valence-electron chi connectivity index (χ4n) is 2.79. The lowest BCUT2D eigenvalue weighted by atomic mass is 9.78. The van der Waals surface area contributed by atoms with Crippen LogP contribution < -0.4 is 0 Å². The normalized spacial score (nSPS) is 32.6. The lowest BCUT2D eigenvalue weighted by Crippen LogP contribution is -2.41. The lowest BCUT2D eigenvalue weighted by Gasteiger charge is -2.40. The van der Waals surface area contributed by atoms with Crippen LogP contribution in [0, 0.1) is 5.92 Å². The highest BCUT2D eigenvalue weighted by Crippen LogP contribution is 2.38. The fraction of sp³-hybridized carbons (Fsp3) is 1.00. The second-order valence-electron chi connectivity index (χ2n) is 5.39. The number of hydrogen-bond acceptors (Lipinski definition) is 1. The van der Waals surface area contributed by atoms with E-state index in [4.69, 9.17) is 4.74 Å². The molecule has 0 heterocycles. The number of rotatable bonds is 6. The molecule has 0 radical (unpaired) electrons. The maximum Gasteiger partial charge on any atom is 0.0782 e. The fourth-order valence-corrected chi connectivity index (χ4v) is 3.48. The highest BCUT2D eigenvalue weighted by atomic mass is 79.9. The van der Waals surface area contributed by atoms with Crippen LogP contribution in [0.1, 0.15) is 65.7 Å². The number of ether oxygens (including phenoxy) is 1. The largest absolute Gasteiger partial charge is 0.371 e. The van der Waals surface area contributed by atoms with Crippen molar-refractivity contribution in [3.63, 3.8) is 0 Å². The molecule has 0 bridgehead atoms. The van der Waals surface area contributed by atoms with E-state index in [1.54, 1.807) is 0 Å². The lowest BCUT2D eigenvalue weighted by molar-refractivity contribution is -0.0999. The Balaban J connectivity index is 2.45. The van der Waals surface area contributed by atoms with Crippen molar-refractivity contribution in [2.75, 3.05) is 5.33 Å². The molecule has 1 aliphatic carbocycles. The second-order valence-corrected chi connectivity index (χ2v) is 5.95. The average molecular weight is 291 g/mol. The maximum atomic E-state index is 6.31. The van der Waals surface area contributed by atoms with Crippen molar-refractivity contribution in [2.45, 2.75) is 77.4 Å². The van der Waals surface area contributed by atoms with Gasteiger partial charge < -0.3 is 4.74 Å². The molecule has 1 unspecified atom stereocenters. The third kappa shape index (κ3) is 4.03. The van der Waals surface area contributed by atoms with E-state index in [0.717, 1.165) is 11.2 Å². The van der Waals surface area contributed by atoms with E-state index in [9.17, 15) is 0 Å². The Morgan fingerprint density at radius 2 is 1.94 bits per heavy atom. The number of alkyl halides is 1. The summed E-state index contributed by atoms with van der Waals surface area (Å²) in [7, 11) is 0. The quantitative estimate of drug-likeness (QED) is 0.631. The zero-order valence-electron chi connectivity index (χ0n) is 11.1. The topological polar surface area (TPSA) is 9.23 Å². The van der Waals surface area contributed by atoms with Gasteiger partial charge in [-0.3, -0.25) is 0 Å². The Hall–Kier alpha value is 0.440. The molecule has 2 heteroatoms. The van der Waals surface area contributed by atoms with Crippen LogP contribution in [0.2, 0.25) is 0 Å². The van der Waals surface area contributed by atoms with Crippen LogP contribution in [-0.2, 0) is 4.74 Å². The van der Waals surface area contributed by atoms with Gasteiger partial charge in [-0.2, -0.15) is 0 Å². The van der Waals surface area contributed by atoms with E-state index in [1.165, 1.54) is 44.9 Å². The Labute approximate surface area is 109 Å². The van der Waals surface area contributed by atoms with Crippen LogP contribution in [0.3, 0.4) is 0 Å². The van der Waals surface area contributed by atoms with Crippen LogP contribution in [0.4, 0.5) is 0 Å². The Morgan fingerprint density at radius 1 is 1.31 bits per heavy atom. The molecule has 16 heavy (non-hydrogen) atoms. The zero-order valence-corrected chi connectivity index (χ0v) is 12.7. The summed E-state index contributed by atoms with van der Waals surface area (Å²) in [5, 5.41) is 1.00. The minimum absolute atomic E-state index is 0.139. The van der Waals surface area contributed by atoms with Crippen molar-refractivity contribution in [3.05, 3.63) is 0 Å². The summed E-state index contributed by atoms with van der Waals surface area (Å²) in [6, 6.07) is 0. The first-order chi connectivity index (χ1) is 7.65. The third-order valence-corrected chi connectivity index (χ3v) is 5.01. The summed E-state index contributed by atoms with van der Waals surface area (Å²) in [4.78, 5) is 0. The number of halogens is 1. The van der Waals surface area contributed by atoms with Crippen LogP contribution in [0.15, 0.2) is 0 Å². The maximum absolute atomic E-state index is 6.31. The van der Waals surface area contributed by atoms with Crippen LogP contribution in [0.5, 0.6) is 0 Å². The second kappa shape index (κ2) is 7.00. The molecule has 96 valence electrons. The molecule has 0 aromatic carbocycles. The van der Waals surface area contributed by atoms with E-state index in [-0.39, 0.29) is 5.60 Å². The van der Waals surface area contributed by atoms with Crippen molar-refractivity contribution in [2.24, 2.45) is 5.92 Å². The van der Waals surface area contributed by atoms with Crippen molar-refractivity contribution < 1.29 is 4.74 Å². The standard InChI is InChI=1S/C14H27BrO/c1-4-6-12(3)16-14(11-15)9-7-13(5-2)8-10-14/h12-13H,4-11H2,1-3H3. The Morgan fingerprint density at radius 3 is 2.38 bits per heavy atom. The molecule has 0 saturated heterocycles. The molecule has 1 nitrogen and oxygen atoms in total. The van der Waals surface area contributed by atoms with E-state index in [0.29, 0.717) is 6.10 Å². The molecule has 1 saturated carbocycles. The van der Waals surface area contributed by atoms with E-state index in [1.807, 2.05) is 0 Å². The van der Waals surface area contributed by atoms with Gasteiger partial charge in [0.2, 0.25) is 0 Å². The highest BCUT2D eigenvalue weighted by Gasteiger charge is 2.35. The number of hydrogen-bond donors (Lipinski definition) is 0. The van der Waals surface area contributed by atoms with Gasteiger partial charge in [0, 0.05) is 5.33 Å². The van der Waals surface area contributed by atoms with Gasteiger partial charge in [-0.1, -0.05) is 42.6 Å². The van der Waals surface area contributed by atoms with Crippen LogP contribution in [0.25, 0.3) is 0 Å². The predicted octanol–water partition coefficient (Wildman–Crippen LogP) is 4.93. The first kappa shape index (κ1) is 14.5. The summed E-state index contributed by atoms with van der Waals surface area (Å²) >= 11 is 3.66. The smallest absolute Gasteiger partial charge is 0.0782 e. The van der Waals surface area contributed by atoms with E-state index >= 15 is 0 Å². The molecule has 1 rings (SSSR count). The predicted molar refractivity (Wildman–Crippen MR) is 74.2 cm³/mol. The minimum Gasteiger partial charge on any atom is -0.371 e. The molecule has 0 spiro atoms. The molecular formula is C14H27BrO. The summed E-state index contributed by atoms with van der Waals surface area (Å²) < 4.78 is 6.31. The van der Waals surface area contributed by atoms with Gasteiger partial charge in [0.15, 0.2) is 0 Å². The van der Waals surface area contributed by atoms with Gasteiger partial charge in [-0.05, 0) is 44.9 Å². The molecule has 0 aromatic heterocycles. The molecular weight excluding hydrogens is 264 g/mol. The van der Waals surface area contributed by atoms with E-state index < -0.39 is 0 Å². The summed E-state index contributed by atoms with van der Waals surface area (Å²) in [6.07, 6.45) is 9.34. The first-order valence-electron chi connectivity index (χ1n) is 6.89. The summed E-state index contributed by atoms with van der Waals surface area (Å²) in [5.74, 6) is 0.942. The van der Waals surface area contributed by atoms with Gasteiger partial charge in [0.05, 0.1) is 11.7 Å². The van der Waals surface area contributed by atoms with E-state index in [2.05, 4.69) is 36.7 Å². The summed E-state index contributed by atoms with van der Waals surface area (Å²) in [6.45, 7) is 6.76. The van der Waals surface area contributed by atoms with Gasteiger partial charge in [-0.25, -0.2) is 0 Å². The Bertz CT molecular complexity index is 185. The van der Waals surface area contributed by atoms with Crippen LogP contribution >= 0.6 is 15.9 Å². The SMILES string of the molecule is CCCC(C)OC1(CBr)CCC(CC)CC1. The zero-order chi connectivity index (χ0) is 12.0. The molecule has 0 amide bonds. The molecule has 0 aromatic rings. The molecule has 0 aliphatic heterocycles. The van der Waals surface area contributed by atoms with Crippen molar-refractivity contribution in [1.82, 2.24) is 0 Å². The monoisotopic (exact) mass is 290 g/mol. The summed E-state index contributed by atoms with van der Waals surface area (Å²) in [5.41, 5.74) is 0.139. The molecule has 1 atom stereocenters. The van der Waals surface area contributed by atoms with Gasteiger partial charge in [0.1, 0.15) is 0 Å². The average Bonchev–Trinajstić information content (AvgIpc) is 2.30. The minimum atomic E-state index is 0.139. The van der Waals surface area contributed by atoms with Crippen molar-refractivity contribution in [1.29, 1.82) is 0 Å². The first-order valence-corrected chi connectivity index (χ1v) is 8.01.